The highest BCUT2D eigenvalue weighted by Gasteiger charge is 2.51. The van der Waals surface area contributed by atoms with Crippen LogP contribution in [0.2, 0.25) is 5.02 Å². The van der Waals surface area contributed by atoms with Gasteiger partial charge in [0.25, 0.3) is 0 Å². The Bertz CT molecular complexity index is 917. The van der Waals surface area contributed by atoms with Crippen molar-refractivity contribution in [2.75, 3.05) is 5.32 Å². The number of carbonyl (C=O) groups excluding carboxylic acids is 1. The van der Waals surface area contributed by atoms with E-state index in [9.17, 15) is 4.79 Å². The maximum atomic E-state index is 12.9. The normalized spacial score (nSPS) is 15.0. The number of rotatable bonds is 4. The number of hydrogen-bond acceptors (Lipinski definition) is 4. The molecule has 6 nitrogen and oxygen atoms in total. The molecule has 0 aliphatic heterocycles. The van der Waals surface area contributed by atoms with E-state index in [0.29, 0.717) is 5.02 Å². The molecule has 0 spiro atoms. The molecule has 1 fully saturated rings. The van der Waals surface area contributed by atoms with Crippen molar-refractivity contribution in [1.82, 2.24) is 20.2 Å². The average molecular weight is 354 g/mol. The smallest absolute Gasteiger partial charge is 0.235 e. The van der Waals surface area contributed by atoms with Crippen molar-refractivity contribution in [2.45, 2.75) is 25.2 Å². The summed E-state index contributed by atoms with van der Waals surface area (Å²) in [4.78, 5) is 12.9. The molecule has 1 N–H and O–H groups in total. The quantitative estimate of drug-likeness (QED) is 0.781. The Balaban J connectivity index is 1.61. The fourth-order valence-corrected chi connectivity index (χ4v) is 3.19. The lowest BCUT2D eigenvalue weighted by Gasteiger charge is -2.18. The summed E-state index contributed by atoms with van der Waals surface area (Å²) in [5, 5.41) is 15.0. The zero-order valence-electron chi connectivity index (χ0n) is 13.6. The molecule has 25 heavy (non-hydrogen) atoms. The van der Waals surface area contributed by atoms with Crippen LogP contribution in [-0.2, 0) is 10.2 Å². The Labute approximate surface area is 149 Å². The molecule has 4 rings (SSSR count). The second-order valence-electron chi connectivity index (χ2n) is 6.25. The lowest BCUT2D eigenvalue weighted by Crippen LogP contribution is -2.28. The van der Waals surface area contributed by atoms with E-state index in [2.05, 4.69) is 20.8 Å². The van der Waals surface area contributed by atoms with E-state index >= 15 is 0 Å². The minimum Gasteiger partial charge on any atom is -0.325 e. The van der Waals surface area contributed by atoms with E-state index in [1.165, 1.54) is 6.33 Å². The van der Waals surface area contributed by atoms with Crippen LogP contribution in [0.3, 0.4) is 0 Å². The fraction of sp³-hybridized carbons (Fsp3) is 0.222. The fourth-order valence-electron chi connectivity index (χ4n) is 3.06. The minimum atomic E-state index is -0.457. The van der Waals surface area contributed by atoms with Gasteiger partial charge in [-0.25, -0.2) is 4.68 Å². The Morgan fingerprint density at radius 3 is 2.60 bits per heavy atom. The first-order valence-electron chi connectivity index (χ1n) is 8.01. The SMILES string of the molecule is Cc1c(NC(=O)C2(c3ccc(Cl)cc3)CC2)cccc1-n1cnnn1. The standard InChI is InChI=1S/C18H16ClN5O/c1-12-15(3-2-4-16(12)24-11-20-22-23-24)21-17(25)18(9-10-18)13-5-7-14(19)8-6-13/h2-8,11H,9-10H2,1H3,(H,21,25). The Morgan fingerprint density at radius 1 is 1.20 bits per heavy atom. The zero-order chi connectivity index (χ0) is 17.4. The lowest BCUT2D eigenvalue weighted by atomic mass is 9.94. The van der Waals surface area contributed by atoms with Gasteiger partial charge >= 0.3 is 0 Å². The Morgan fingerprint density at radius 2 is 1.96 bits per heavy atom. The van der Waals surface area contributed by atoms with E-state index in [4.69, 9.17) is 11.6 Å². The van der Waals surface area contributed by atoms with Gasteiger partial charge in [-0.15, -0.1) is 5.10 Å². The number of hydrogen-bond donors (Lipinski definition) is 1. The summed E-state index contributed by atoms with van der Waals surface area (Å²) in [5.74, 6) is 0.00628. The molecule has 1 amide bonds. The van der Waals surface area contributed by atoms with Crippen LogP contribution in [0.15, 0.2) is 48.8 Å². The van der Waals surface area contributed by atoms with Gasteiger partial charge in [0, 0.05) is 10.7 Å². The lowest BCUT2D eigenvalue weighted by molar-refractivity contribution is -0.118. The van der Waals surface area contributed by atoms with Crippen molar-refractivity contribution in [3.63, 3.8) is 0 Å². The van der Waals surface area contributed by atoms with Crippen LogP contribution >= 0.6 is 11.6 Å². The largest absolute Gasteiger partial charge is 0.325 e. The highest BCUT2D eigenvalue weighted by Crippen LogP contribution is 2.49. The highest BCUT2D eigenvalue weighted by atomic mass is 35.5. The molecule has 1 saturated carbocycles. The molecular weight excluding hydrogens is 338 g/mol. The predicted molar refractivity (Wildman–Crippen MR) is 94.9 cm³/mol. The first kappa shape index (κ1) is 15.8. The second kappa shape index (κ2) is 5.97. The van der Waals surface area contributed by atoms with Crippen molar-refractivity contribution in [2.24, 2.45) is 0 Å². The van der Waals surface area contributed by atoms with Crippen LogP contribution in [0.5, 0.6) is 0 Å². The molecule has 3 aromatic rings. The molecule has 0 unspecified atom stereocenters. The Kier molecular flexibility index (Phi) is 3.77. The summed E-state index contributed by atoms with van der Waals surface area (Å²) in [5.41, 5.74) is 3.05. The van der Waals surface area contributed by atoms with Crippen LogP contribution in [0.25, 0.3) is 5.69 Å². The van der Waals surface area contributed by atoms with E-state index in [0.717, 1.165) is 35.3 Å². The molecule has 0 atom stereocenters. The number of amides is 1. The number of tetrazole rings is 1. The van der Waals surface area contributed by atoms with Gasteiger partial charge in [-0.3, -0.25) is 4.79 Å². The second-order valence-corrected chi connectivity index (χ2v) is 6.68. The van der Waals surface area contributed by atoms with Gasteiger partial charge in [-0.2, -0.15) is 0 Å². The maximum Gasteiger partial charge on any atom is 0.235 e. The third-order valence-corrected chi connectivity index (χ3v) is 4.98. The number of aromatic nitrogens is 4. The summed E-state index contributed by atoms with van der Waals surface area (Å²) in [6, 6.07) is 13.2. The number of anilines is 1. The molecule has 1 aromatic heterocycles. The van der Waals surface area contributed by atoms with Gasteiger partial charge in [0.2, 0.25) is 5.91 Å². The van der Waals surface area contributed by atoms with Gasteiger partial charge in [-0.1, -0.05) is 29.8 Å². The summed E-state index contributed by atoms with van der Waals surface area (Å²) >= 11 is 5.96. The van der Waals surface area contributed by atoms with Gasteiger partial charge in [0.15, 0.2) is 0 Å². The molecule has 7 heteroatoms. The van der Waals surface area contributed by atoms with Gasteiger partial charge in [0.05, 0.1) is 11.1 Å². The predicted octanol–water partition coefficient (Wildman–Crippen LogP) is 3.29. The molecule has 1 aliphatic rings. The van der Waals surface area contributed by atoms with Crippen LogP contribution < -0.4 is 5.32 Å². The molecule has 0 saturated heterocycles. The third-order valence-electron chi connectivity index (χ3n) is 4.73. The van der Waals surface area contributed by atoms with Crippen molar-refractivity contribution in [3.05, 3.63) is 64.9 Å². The van der Waals surface area contributed by atoms with Crippen LogP contribution in [0.1, 0.15) is 24.0 Å². The summed E-state index contributed by atoms with van der Waals surface area (Å²) in [7, 11) is 0. The molecule has 1 heterocycles. The summed E-state index contributed by atoms with van der Waals surface area (Å²) in [6.07, 6.45) is 3.21. The summed E-state index contributed by atoms with van der Waals surface area (Å²) in [6.45, 7) is 1.94. The summed E-state index contributed by atoms with van der Waals surface area (Å²) < 4.78 is 1.58. The molecule has 0 bridgehead atoms. The monoisotopic (exact) mass is 353 g/mol. The van der Waals surface area contributed by atoms with E-state index < -0.39 is 5.41 Å². The van der Waals surface area contributed by atoms with Crippen molar-refractivity contribution in [1.29, 1.82) is 0 Å². The van der Waals surface area contributed by atoms with Crippen molar-refractivity contribution < 1.29 is 4.79 Å². The van der Waals surface area contributed by atoms with E-state index in [1.54, 1.807) is 4.68 Å². The first-order chi connectivity index (χ1) is 12.1. The Hall–Kier alpha value is -2.73. The average Bonchev–Trinajstić information content (AvgIpc) is 3.25. The van der Waals surface area contributed by atoms with Crippen molar-refractivity contribution >= 4 is 23.2 Å². The zero-order valence-corrected chi connectivity index (χ0v) is 14.4. The number of benzene rings is 2. The highest BCUT2D eigenvalue weighted by molar-refractivity contribution is 6.30. The molecule has 1 aliphatic carbocycles. The first-order valence-corrected chi connectivity index (χ1v) is 8.38. The number of nitrogens with one attached hydrogen (secondary N) is 1. The number of halogens is 1. The van der Waals surface area contributed by atoms with Crippen molar-refractivity contribution in [3.8, 4) is 5.69 Å². The molecule has 126 valence electrons. The van der Waals surface area contributed by atoms with E-state index in [-0.39, 0.29) is 5.91 Å². The topological polar surface area (TPSA) is 72.7 Å². The van der Waals surface area contributed by atoms with E-state index in [1.807, 2.05) is 49.4 Å². The van der Waals surface area contributed by atoms with Gasteiger partial charge in [-0.05, 0) is 65.6 Å². The molecular formula is C18H16ClN5O. The van der Waals surface area contributed by atoms with Gasteiger partial charge in [0.1, 0.15) is 6.33 Å². The molecule has 2 aromatic carbocycles. The minimum absolute atomic E-state index is 0.00628. The number of carbonyl (C=O) groups is 1. The maximum absolute atomic E-state index is 12.9. The third kappa shape index (κ3) is 2.78. The number of nitrogens with zero attached hydrogens (tertiary/aromatic N) is 4. The van der Waals surface area contributed by atoms with Crippen LogP contribution in [0.4, 0.5) is 5.69 Å². The molecule has 0 radical (unpaired) electrons. The van der Waals surface area contributed by atoms with Crippen LogP contribution in [0, 0.1) is 6.92 Å². The van der Waals surface area contributed by atoms with Crippen LogP contribution in [-0.4, -0.2) is 26.1 Å². The van der Waals surface area contributed by atoms with Gasteiger partial charge < -0.3 is 5.32 Å².